The van der Waals surface area contributed by atoms with Crippen LogP contribution in [0.4, 0.5) is 0 Å². The van der Waals surface area contributed by atoms with Crippen LogP contribution in [-0.4, -0.2) is 15.7 Å². The molecule has 4 nitrogen and oxygen atoms in total. The summed E-state index contributed by atoms with van der Waals surface area (Å²) in [6, 6.07) is 16.7. The minimum atomic E-state index is -0.257. The molecule has 1 atom stereocenters. The lowest BCUT2D eigenvalue weighted by Crippen LogP contribution is -2.27. The van der Waals surface area contributed by atoms with E-state index in [1.807, 2.05) is 49.4 Å². The molecule has 1 amide bonds. The Kier molecular flexibility index (Phi) is 5.11. The van der Waals surface area contributed by atoms with Crippen LogP contribution in [0.5, 0.6) is 0 Å². The second-order valence-electron chi connectivity index (χ2n) is 5.75. The second-order valence-corrected chi connectivity index (χ2v) is 6.54. The van der Waals surface area contributed by atoms with Gasteiger partial charge in [-0.15, -0.1) is 0 Å². The molecule has 3 rings (SSSR count). The number of carbonyl (C=O) groups is 1. The van der Waals surface area contributed by atoms with Gasteiger partial charge in [0.05, 0.1) is 23.0 Å². The van der Waals surface area contributed by atoms with Crippen molar-refractivity contribution in [1.29, 1.82) is 0 Å². The van der Waals surface area contributed by atoms with Crippen molar-refractivity contribution in [2.45, 2.75) is 19.9 Å². The molecule has 0 saturated carbocycles. The van der Waals surface area contributed by atoms with Gasteiger partial charge < -0.3 is 5.32 Å². The van der Waals surface area contributed by atoms with E-state index in [1.165, 1.54) is 0 Å². The number of nitrogens with zero attached hydrogens (tertiary/aromatic N) is 2. The van der Waals surface area contributed by atoms with Gasteiger partial charge in [-0.05, 0) is 43.7 Å². The molecular weight excluding hydrogens is 357 g/mol. The summed E-state index contributed by atoms with van der Waals surface area (Å²) in [5.74, 6) is -0.257. The number of hydrogen-bond acceptors (Lipinski definition) is 2. The van der Waals surface area contributed by atoms with Crippen LogP contribution in [0.1, 0.15) is 34.6 Å². The van der Waals surface area contributed by atoms with Crippen molar-refractivity contribution < 1.29 is 4.79 Å². The molecule has 0 aliphatic rings. The van der Waals surface area contributed by atoms with Crippen molar-refractivity contribution in [1.82, 2.24) is 15.1 Å². The zero-order valence-electron chi connectivity index (χ0n) is 13.8. The van der Waals surface area contributed by atoms with E-state index in [-0.39, 0.29) is 11.9 Å². The van der Waals surface area contributed by atoms with E-state index in [4.69, 9.17) is 23.2 Å². The standard InChI is InChI=1S/C19H17Cl2N3O/c1-12(14-8-10-15(20)11-9-14)22-19(25)17-13(2)23-24(18(17)21)16-6-4-3-5-7-16/h3-12H,1-2H3,(H,22,25). The third-order valence-electron chi connectivity index (χ3n) is 3.95. The minimum Gasteiger partial charge on any atom is -0.345 e. The number of rotatable bonds is 4. The summed E-state index contributed by atoms with van der Waals surface area (Å²) in [5.41, 5.74) is 2.73. The fraction of sp³-hybridized carbons (Fsp3) is 0.158. The van der Waals surface area contributed by atoms with Gasteiger partial charge in [0.25, 0.3) is 5.91 Å². The molecule has 0 radical (unpaired) electrons. The van der Waals surface area contributed by atoms with Crippen LogP contribution < -0.4 is 5.32 Å². The largest absolute Gasteiger partial charge is 0.345 e. The van der Waals surface area contributed by atoms with Crippen LogP contribution in [0.15, 0.2) is 54.6 Å². The van der Waals surface area contributed by atoms with Crippen molar-refractivity contribution in [2.75, 3.05) is 0 Å². The number of carbonyl (C=O) groups excluding carboxylic acids is 1. The van der Waals surface area contributed by atoms with E-state index in [1.54, 1.807) is 23.7 Å². The molecule has 1 unspecified atom stereocenters. The summed E-state index contributed by atoms with van der Waals surface area (Å²) >= 11 is 12.3. The quantitative estimate of drug-likeness (QED) is 0.700. The van der Waals surface area contributed by atoms with E-state index in [0.717, 1.165) is 11.3 Å². The monoisotopic (exact) mass is 373 g/mol. The Morgan fingerprint density at radius 2 is 1.72 bits per heavy atom. The maximum absolute atomic E-state index is 12.7. The molecule has 0 aliphatic heterocycles. The highest BCUT2D eigenvalue weighted by Gasteiger charge is 2.22. The van der Waals surface area contributed by atoms with Crippen LogP contribution in [0.25, 0.3) is 5.69 Å². The van der Waals surface area contributed by atoms with E-state index >= 15 is 0 Å². The van der Waals surface area contributed by atoms with Crippen molar-refractivity contribution >= 4 is 29.1 Å². The number of aryl methyl sites for hydroxylation is 1. The molecule has 1 N–H and O–H groups in total. The number of halogens is 2. The highest BCUT2D eigenvalue weighted by molar-refractivity contribution is 6.33. The summed E-state index contributed by atoms with van der Waals surface area (Å²) in [7, 11) is 0. The summed E-state index contributed by atoms with van der Waals surface area (Å²) < 4.78 is 1.57. The maximum atomic E-state index is 12.7. The normalized spacial score (nSPS) is 12.0. The van der Waals surface area contributed by atoms with Gasteiger partial charge in [0.1, 0.15) is 5.15 Å². The third-order valence-corrected chi connectivity index (χ3v) is 4.55. The van der Waals surface area contributed by atoms with E-state index in [0.29, 0.717) is 21.4 Å². The van der Waals surface area contributed by atoms with Gasteiger partial charge in [0.15, 0.2) is 0 Å². The Bertz CT molecular complexity index is 889. The highest BCUT2D eigenvalue weighted by Crippen LogP contribution is 2.24. The van der Waals surface area contributed by atoms with Crippen LogP contribution in [0.3, 0.4) is 0 Å². The second kappa shape index (κ2) is 7.30. The lowest BCUT2D eigenvalue weighted by atomic mass is 10.1. The molecular formula is C19H17Cl2N3O. The predicted octanol–water partition coefficient (Wildman–Crippen LogP) is 4.98. The minimum absolute atomic E-state index is 0.180. The molecule has 128 valence electrons. The highest BCUT2D eigenvalue weighted by atomic mass is 35.5. The Labute approximate surface area is 156 Å². The zero-order valence-corrected chi connectivity index (χ0v) is 15.3. The van der Waals surface area contributed by atoms with E-state index in [9.17, 15) is 4.79 Å². The molecule has 6 heteroatoms. The molecule has 25 heavy (non-hydrogen) atoms. The molecule has 0 aliphatic carbocycles. The molecule has 0 saturated heterocycles. The number of amides is 1. The first-order valence-corrected chi connectivity index (χ1v) is 8.60. The van der Waals surface area contributed by atoms with Crippen LogP contribution in [0, 0.1) is 6.92 Å². The number of benzene rings is 2. The number of hydrogen-bond donors (Lipinski definition) is 1. The topological polar surface area (TPSA) is 46.9 Å². The van der Waals surface area contributed by atoms with Crippen molar-refractivity contribution in [3.63, 3.8) is 0 Å². The Morgan fingerprint density at radius 1 is 1.08 bits per heavy atom. The van der Waals surface area contributed by atoms with Gasteiger partial charge in [-0.2, -0.15) is 5.10 Å². The molecule has 0 bridgehead atoms. The molecule has 1 aromatic heterocycles. The van der Waals surface area contributed by atoms with E-state index in [2.05, 4.69) is 10.4 Å². The Morgan fingerprint density at radius 3 is 2.36 bits per heavy atom. The molecule has 2 aromatic carbocycles. The average molecular weight is 374 g/mol. The van der Waals surface area contributed by atoms with Gasteiger partial charge in [-0.1, -0.05) is 53.5 Å². The lowest BCUT2D eigenvalue weighted by Gasteiger charge is -2.14. The zero-order chi connectivity index (χ0) is 18.0. The average Bonchev–Trinajstić information content (AvgIpc) is 2.90. The molecule has 0 fully saturated rings. The summed E-state index contributed by atoms with van der Waals surface area (Å²) in [4.78, 5) is 12.7. The first-order chi connectivity index (χ1) is 12.0. The summed E-state index contributed by atoms with van der Waals surface area (Å²) in [6.07, 6.45) is 0. The van der Waals surface area contributed by atoms with Gasteiger partial charge in [-0.25, -0.2) is 4.68 Å². The van der Waals surface area contributed by atoms with Crippen molar-refractivity contribution in [2.24, 2.45) is 0 Å². The van der Waals surface area contributed by atoms with Crippen LogP contribution >= 0.6 is 23.2 Å². The lowest BCUT2D eigenvalue weighted by molar-refractivity contribution is 0.0939. The molecule has 3 aromatic rings. The molecule has 1 heterocycles. The van der Waals surface area contributed by atoms with E-state index < -0.39 is 0 Å². The first kappa shape index (κ1) is 17.5. The first-order valence-electron chi connectivity index (χ1n) is 7.84. The number of nitrogens with one attached hydrogen (secondary N) is 1. The summed E-state index contributed by atoms with van der Waals surface area (Å²) in [6.45, 7) is 3.68. The Hall–Kier alpha value is -2.30. The molecule has 0 spiro atoms. The summed E-state index contributed by atoms with van der Waals surface area (Å²) in [5, 5.41) is 8.31. The smallest absolute Gasteiger partial charge is 0.256 e. The predicted molar refractivity (Wildman–Crippen MR) is 101 cm³/mol. The fourth-order valence-corrected chi connectivity index (χ4v) is 3.08. The van der Waals surface area contributed by atoms with Gasteiger partial charge in [0.2, 0.25) is 0 Å². The fourth-order valence-electron chi connectivity index (χ4n) is 2.60. The van der Waals surface area contributed by atoms with Gasteiger partial charge >= 0.3 is 0 Å². The van der Waals surface area contributed by atoms with Gasteiger partial charge in [0, 0.05) is 5.02 Å². The van der Waals surface area contributed by atoms with Crippen LogP contribution in [-0.2, 0) is 0 Å². The number of aromatic nitrogens is 2. The Balaban J connectivity index is 1.85. The SMILES string of the molecule is Cc1nn(-c2ccccc2)c(Cl)c1C(=O)NC(C)c1ccc(Cl)cc1. The number of para-hydroxylation sites is 1. The van der Waals surface area contributed by atoms with Crippen LogP contribution in [0.2, 0.25) is 10.2 Å². The third kappa shape index (κ3) is 3.70. The van der Waals surface area contributed by atoms with Crippen molar-refractivity contribution in [3.8, 4) is 5.69 Å². The van der Waals surface area contributed by atoms with Gasteiger partial charge in [-0.3, -0.25) is 4.79 Å². The van der Waals surface area contributed by atoms with Crippen molar-refractivity contribution in [3.05, 3.63) is 81.6 Å². The maximum Gasteiger partial charge on any atom is 0.256 e.